The molecule has 1 aromatic heterocycles. The number of hydrogen-bond acceptors (Lipinski definition) is 4. The van der Waals surface area contributed by atoms with E-state index in [-0.39, 0.29) is 5.82 Å². The predicted octanol–water partition coefficient (Wildman–Crippen LogP) is 1.30. The molecule has 0 fully saturated rings. The topological polar surface area (TPSA) is 64.9 Å². The average molecular weight is 221 g/mol. The first kappa shape index (κ1) is 10.8. The van der Waals surface area contributed by atoms with E-state index in [4.69, 9.17) is 10.3 Å². The van der Waals surface area contributed by atoms with Gasteiger partial charge in [0, 0.05) is 19.4 Å². The molecular formula is C11H12FN3O. The maximum Gasteiger partial charge on any atom is 0.227 e. The third kappa shape index (κ3) is 2.64. The Bertz CT molecular complexity index is 470. The lowest BCUT2D eigenvalue weighted by Crippen LogP contribution is -2.02. The van der Waals surface area contributed by atoms with Gasteiger partial charge < -0.3 is 10.3 Å². The Labute approximate surface area is 92.3 Å². The lowest BCUT2D eigenvalue weighted by molar-refractivity contribution is 0.375. The fourth-order valence-corrected chi connectivity index (χ4v) is 1.42. The second kappa shape index (κ2) is 4.85. The molecule has 0 saturated heterocycles. The monoisotopic (exact) mass is 221 g/mol. The maximum absolute atomic E-state index is 12.9. The highest BCUT2D eigenvalue weighted by atomic mass is 19.1. The molecule has 1 aromatic carbocycles. The molecule has 2 aromatic rings. The molecule has 0 saturated carbocycles. The summed E-state index contributed by atoms with van der Waals surface area (Å²) >= 11 is 0. The molecule has 2 N–H and O–H groups in total. The maximum atomic E-state index is 12.9. The largest absolute Gasteiger partial charge is 0.339 e. The number of benzene rings is 1. The first-order valence-electron chi connectivity index (χ1n) is 5.04. The third-order valence-electron chi connectivity index (χ3n) is 2.12. The molecule has 5 heteroatoms. The Morgan fingerprint density at radius 3 is 3.00 bits per heavy atom. The summed E-state index contributed by atoms with van der Waals surface area (Å²) in [5.41, 5.74) is 6.18. The number of hydrogen-bond donors (Lipinski definition) is 1. The number of aromatic nitrogens is 2. The molecule has 16 heavy (non-hydrogen) atoms. The van der Waals surface area contributed by atoms with Crippen molar-refractivity contribution in [3.05, 3.63) is 47.4 Å². The molecule has 4 nitrogen and oxygen atoms in total. The molecule has 0 aliphatic carbocycles. The van der Waals surface area contributed by atoms with Crippen molar-refractivity contribution in [2.24, 2.45) is 5.73 Å². The van der Waals surface area contributed by atoms with Crippen molar-refractivity contribution in [3.63, 3.8) is 0 Å². The van der Waals surface area contributed by atoms with Crippen LogP contribution in [0.5, 0.6) is 0 Å². The fraction of sp³-hybridized carbons (Fsp3) is 0.273. The smallest absolute Gasteiger partial charge is 0.227 e. The number of nitrogens with two attached hydrogens (primary N) is 1. The Morgan fingerprint density at radius 1 is 1.38 bits per heavy atom. The van der Waals surface area contributed by atoms with Crippen LogP contribution in [-0.4, -0.2) is 16.7 Å². The quantitative estimate of drug-likeness (QED) is 0.845. The zero-order valence-corrected chi connectivity index (χ0v) is 8.69. The minimum atomic E-state index is -0.261. The SMILES string of the molecule is NCCc1nc(Cc2cccc(F)c2)no1. The zero-order chi connectivity index (χ0) is 11.4. The molecule has 84 valence electrons. The summed E-state index contributed by atoms with van der Waals surface area (Å²) in [6.45, 7) is 0.474. The summed E-state index contributed by atoms with van der Waals surface area (Å²) in [6.07, 6.45) is 1.03. The fourth-order valence-electron chi connectivity index (χ4n) is 1.42. The van der Waals surface area contributed by atoms with E-state index in [1.807, 2.05) is 6.07 Å². The van der Waals surface area contributed by atoms with Crippen LogP contribution in [0.3, 0.4) is 0 Å². The van der Waals surface area contributed by atoms with Gasteiger partial charge >= 0.3 is 0 Å². The summed E-state index contributed by atoms with van der Waals surface area (Å²) in [4.78, 5) is 4.14. The minimum Gasteiger partial charge on any atom is -0.339 e. The van der Waals surface area contributed by atoms with Gasteiger partial charge in [0.1, 0.15) is 5.82 Å². The highest BCUT2D eigenvalue weighted by Crippen LogP contribution is 2.08. The van der Waals surface area contributed by atoms with E-state index in [2.05, 4.69) is 10.1 Å². The zero-order valence-electron chi connectivity index (χ0n) is 8.69. The second-order valence-corrected chi connectivity index (χ2v) is 3.45. The highest BCUT2D eigenvalue weighted by Gasteiger charge is 2.06. The molecule has 0 amide bonds. The van der Waals surface area contributed by atoms with E-state index in [1.54, 1.807) is 6.07 Å². The van der Waals surface area contributed by atoms with E-state index in [0.29, 0.717) is 31.1 Å². The van der Waals surface area contributed by atoms with Crippen LogP contribution in [-0.2, 0) is 12.8 Å². The highest BCUT2D eigenvalue weighted by molar-refractivity contribution is 5.19. The van der Waals surface area contributed by atoms with Crippen LogP contribution in [0.25, 0.3) is 0 Å². The van der Waals surface area contributed by atoms with E-state index < -0.39 is 0 Å². The number of rotatable bonds is 4. The Morgan fingerprint density at radius 2 is 2.25 bits per heavy atom. The van der Waals surface area contributed by atoms with Crippen molar-refractivity contribution in [1.82, 2.24) is 10.1 Å². The predicted molar refractivity (Wildman–Crippen MR) is 56.3 cm³/mol. The molecule has 0 radical (unpaired) electrons. The van der Waals surface area contributed by atoms with Crippen molar-refractivity contribution in [2.45, 2.75) is 12.8 Å². The summed E-state index contributed by atoms with van der Waals surface area (Å²) in [6, 6.07) is 6.34. The molecule has 0 spiro atoms. The minimum absolute atomic E-state index is 0.261. The van der Waals surface area contributed by atoms with Gasteiger partial charge in [0.25, 0.3) is 0 Å². The first-order chi connectivity index (χ1) is 7.78. The van der Waals surface area contributed by atoms with Gasteiger partial charge in [-0.3, -0.25) is 0 Å². The van der Waals surface area contributed by atoms with Crippen LogP contribution in [0.1, 0.15) is 17.3 Å². The van der Waals surface area contributed by atoms with Gasteiger partial charge in [-0.05, 0) is 17.7 Å². The molecule has 0 bridgehead atoms. The number of nitrogens with zero attached hydrogens (tertiary/aromatic N) is 2. The van der Waals surface area contributed by atoms with Crippen molar-refractivity contribution in [1.29, 1.82) is 0 Å². The van der Waals surface area contributed by atoms with E-state index in [9.17, 15) is 4.39 Å². The van der Waals surface area contributed by atoms with Crippen LogP contribution in [0.2, 0.25) is 0 Å². The molecule has 0 aliphatic heterocycles. The van der Waals surface area contributed by atoms with Gasteiger partial charge in [-0.25, -0.2) is 4.39 Å². The third-order valence-corrected chi connectivity index (χ3v) is 2.12. The van der Waals surface area contributed by atoms with Crippen molar-refractivity contribution in [2.75, 3.05) is 6.54 Å². The summed E-state index contributed by atoms with van der Waals surface area (Å²) in [5, 5.41) is 3.80. The number of halogens is 1. The van der Waals surface area contributed by atoms with Gasteiger partial charge in [-0.15, -0.1) is 0 Å². The standard InChI is InChI=1S/C11H12FN3O/c12-9-3-1-2-8(6-9)7-10-14-11(4-5-13)16-15-10/h1-3,6H,4-5,7,13H2. The summed E-state index contributed by atoms with van der Waals surface area (Å²) < 4.78 is 17.9. The van der Waals surface area contributed by atoms with E-state index in [0.717, 1.165) is 5.56 Å². The van der Waals surface area contributed by atoms with Gasteiger partial charge in [-0.2, -0.15) is 4.98 Å². The van der Waals surface area contributed by atoms with Gasteiger partial charge in [0.05, 0.1) is 0 Å². The Kier molecular flexibility index (Phi) is 3.26. The Hall–Kier alpha value is -1.75. The van der Waals surface area contributed by atoms with E-state index >= 15 is 0 Å². The van der Waals surface area contributed by atoms with Gasteiger partial charge in [0.2, 0.25) is 5.89 Å². The normalized spacial score (nSPS) is 10.6. The molecule has 1 heterocycles. The van der Waals surface area contributed by atoms with Crippen molar-refractivity contribution < 1.29 is 8.91 Å². The molecule has 2 rings (SSSR count). The van der Waals surface area contributed by atoms with Crippen molar-refractivity contribution in [3.8, 4) is 0 Å². The molecule has 0 unspecified atom stereocenters. The van der Waals surface area contributed by atoms with Crippen LogP contribution < -0.4 is 5.73 Å². The molecule has 0 aliphatic rings. The van der Waals surface area contributed by atoms with Crippen LogP contribution in [0.15, 0.2) is 28.8 Å². The summed E-state index contributed by atoms with van der Waals surface area (Å²) in [5.74, 6) is 0.811. The van der Waals surface area contributed by atoms with Gasteiger partial charge in [0.15, 0.2) is 5.82 Å². The lowest BCUT2D eigenvalue weighted by atomic mass is 10.1. The van der Waals surface area contributed by atoms with Gasteiger partial charge in [-0.1, -0.05) is 17.3 Å². The molecular weight excluding hydrogens is 209 g/mol. The lowest BCUT2D eigenvalue weighted by Gasteiger charge is -1.95. The Balaban J connectivity index is 2.08. The molecule has 0 atom stereocenters. The van der Waals surface area contributed by atoms with Crippen molar-refractivity contribution >= 4 is 0 Å². The van der Waals surface area contributed by atoms with Crippen LogP contribution >= 0.6 is 0 Å². The average Bonchev–Trinajstić information content (AvgIpc) is 2.66. The van der Waals surface area contributed by atoms with E-state index in [1.165, 1.54) is 12.1 Å². The first-order valence-corrected chi connectivity index (χ1v) is 5.04. The van der Waals surface area contributed by atoms with Crippen LogP contribution in [0, 0.1) is 5.82 Å². The second-order valence-electron chi connectivity index (χ2n) is 3.45. The van der Waals surface area contributed by atoms with Crippen LogP contribution in [0.4, 0.5) is 4.39 Å². The summed E-state index contributed by atoms with van der Waals surface area (Å²) in [7, 11) is 0.